The number of rotatable bonds is 3. The summed E-state index contributed by atoms with van der Waals surface area (Å²) in [5.74, 6) is 0. The second-order valence-corrected chi connectivity index (χ2v) is 5.41. The van der Waals surface area contributed by atoms with Crippen LogP contribution >= 0.6 is 7.60 Å². The molecule has 0 aliphatic carbocycles. The van der Waals surface area contributed by atoms with Gasteiger partial charge in [0.05, 0.1) is 5.16 Å². The summed E-state index contributed by atoms with van der Waals surface area (Å²) in [5, 5.41) is -0.845. The van der Waals surface area contributed by atoms with Crippen LogP contribution in [0, 0.1) is 0 Å². The van der Waals surface area contributed by atoms with E-state index in [1.165, 1.54) is 0 Å². The molecule has 0 fully saturated rings. The molecule has 0 aromatic carbocycles. The van der Waals surface area contributed by atoms with E-state index in [2.05, 4.69) is 0 Å². The molecule has 3 nitrogen and oxygen atoms in total. The van der Waals surface area contributed by atoms with Gasteiger partial charge >= 0.3 is 7.60 Å². The van der Waals surface area contributed by atoms with Crippen LogP contribution in [0.1, 0.15) is 33.6 Å². The summed E-state index contributed by atoms with van der Waals surface area (Å²) in [6.45, 7) is 5.10. The first-order valence-electron chi connectivity index (χ1n) is 3.37. The van der Waals surface area contributed by atoms with Gasteiger partial charge in [-0.15, -0.1) is 0 Å². The maximum absolute atomic E-state index is 10.7. The van der Waals surface area contributed by atoms with E-state index >= 15 is 0 Å². The van der Waals surface area contributed by atoms with E-state index in [0.717, 1.165) is 6.42 Å². The molecule has 0 aliphatic heterocycles. The fourth-order valence-electron chi connectivity index (χ4n) is 0.757. The second-order valence-electron chi connectivity index (χ2n) is 3.11. The molecule has 0 aromatic heterocycles. The Morgan fingerprint density at radius 3 is 1.90 bits per heavy atom. The lowest BCUT2D eigenvalue weighted by Gasteiger charge is -2.24. The summed E-state index contributed by atoms with van der Waals surface area (Å²) in [6, 6.07) is 0. The lowest BCUT2D eigenvalue weighted by molar-refractivity contribution is 0.329. The zero-order chi connectivity index (χ0) is 8.41. The standard InChI is InChI=1S/C6H15O3P/c1-4-5-6(2,3)10(7,8)9/h4-5H2,1-3H3,(H2,7,8,9). The van der Waals surface area contributed by atoms with Gasteiger partial charge in [-0.05, 0) is 20.3 Å². The van der Waals surface area contributed by atoms with E-state index in [1.807, 2.05) is 6.92 Å². The highest BCUT2D eigenvalue weighted by atomic mass is 31.2. The van der Waals surface area contributed by atoms with Crippen molar-refractivity contribution in [3.8, 4) is 0 Å². The molecule has 0 rings (SSSR count). The van der Waals surface area contributed by atoms with Crippen LogP contribution in [-0.4, -0.2) is 14.9 Å². The van der Waals surface area contributed by atoms with Crippen molar-refractivity contribution in [3.05, 3.63) is 0 Å². The maximum atomic E-state index is 10.7. The summed E-state index contributed by atoms with van der Waals surface area (Å²) in [4.78, 5) is 17.6. The quantitative estimate of drug-likeness (QED) is 0.628. The molecule has 0 unspecified atom stereocenters. The first-order valence-corrected chi connectivity index (χ1v) is 4.98. The third-order valence-electron chi connectivity index (χ3n) is 1.65. The van der Waals surface area contributed by atoms with Gasteiger partial charge < -0.3 is 9.79 Å². The maximum Gasteiger partial charge on any atom is 0.331 e. The van der Waals surface area contributed by atoms with Crippen LogP contribution < -0.4 is 0 Å². The van der Waals surface area contributed by atoms with Gasteiger partial charge in [-0.2, -0.15) is 0 Å². The third kappa shape index (κ3) is 2.41. The Hall–Kier alpha value is 0.150. The molecule has 2 N–H and O–H groups in total. The number of hydrogen-bond donors (Lipinski definition) is 2. The van der Waals surface area contributed by atoms with Crippen molar-refractivity contribution < 1.29 is 14.4 Å². The van der Waals surface area contributed by atoms with Gasteiger partial charge in [0.25, 0.3) is 0 Å². The van der Waals surface area contributed by atoms with Crippen LogP contribution in [0.15, 0.2) is 0 Å². The van der Waals surface area contributed by atoms with Gasteiger partial charge in [-0.1, -0.05) is 13.3 Å². The average Bonchev–Trinajstić information content (AvgIpc) is 1.61. The second kappa shape index (κ2) is 3.04. The van der Waals surface area contributed by atoms with Crippen LogP contribution in [0.2, 0.25) is 0 Å². The van der Waals surface area contributed by atoms with Gasteiger partial charge in [0.1, 0.15) is 0 Å². The minimum atomic E-state index is -3.89. The smallest absolute Gasteiger partial charge is 0.324 e. The first kappa shape index (κ1) is 10.2. The van der Waals surface area contributed by atoms with Crippen LogP contribution in [0.3, 0.4) is 0 Å². The average molecular weight is 166 g/mol. The molecule has 0 atom stereocenters. The summed E-state index contributed by atoms with van der Waals surface area (Å²) >= 11 is 0. The van der Waals surface area contributed by atoms with Crippen molar-refractivity contribution in [2.75, 3.05) is 0 Å². The van der Waals surface area contributed by atoms with Crippen molar-refractivity contribution >= 4 is 7.60 Å². The molecule has 0 amide bonds. The zero-order valence-corrected chi connectivity index (χ0v) is 7.56. The first-order chi connectivity index (χ1) is 4.31. The highest BCUT2D eigenvalue weighted by molar-refractivity contribution is 7.53. The Balaban J connectivity index is 4.25. The van der Waals surface area contributed by atoms with E-state index in [9.17, 15) is 4.57 Å². The van der Waals surface area contributed by atoms with Gasteiger partial charge in [0, 0.05) is 0 Å². The predicted octanol–water partition coefficient (Wildman–Crippen LogP) is 1.74. The molecule has 0 aromatic rings. The van der Waals surface area contributed by atoms with Crippen LogP contribution in [0.5, 0.6) is 0 Å². The lowest BCUT2D eigenvalue weighted by atomic mass is 10.1. The third-order valence-corrected chi connectivity index (χ3v) is 3.45. The van der Waals surface area contributed by atoms with E-state index < -0.39 is 12.8 Å². The normalized spacial score (nSPS) is 13.7. The van der Waals surface area contributed by atoms with E-state index in [-0.39, 0.29) is 0 Å². The van der Waals surface area contributed by atoms with Crippen molar-refractivity contribution in [2.24, 2.45) is 0 Å². The molecule has 62 valence electrons. The highest BCUT2D eigenvalue weighted by Crippen LogP contribution is 2.52. The van der Waals surface area contributed by atoms with E-state index in [1.54, 1.807) is 13.8 Å². The minimum absolute atomic E-state index is 0.567. The molecule has 0 heterocycles. The fraction of sp³-hybridized carbons (Fsp3) is 1.00. The van der Waals surface area contributed by atoms with Crippen molar-refractivity contribution in [1.29, 1.82) is 0 Å². The lowest BCUT2D eigenvalue weighted by Crippen LogP contribution is -2.19. The molecular formula is C6H15O3P. The van der Waals surface area contributed by atoms with Gasteiger partial charge in [-0.3, -0.25) is 4.57 Å². The van der Waals surface area contributed by atoms with Crippen LogP contribution in [0.25, 0.3) is 0 Å². The monoisotopic (exact) mass is 166 g/mol. The van der Waals surface area contributed by atoms with Crippen LogP contribution in [-0.2, 0) is 4.57 Å². The predicted molar refractivity (Wildman–Crippen MR) is 41.0 cm³/mol. The molecule has 0 bridgehead atoms. The summed E-state index contributed by atoms with van der Waals surface area (Å²) < 4.78 is 10.7. The summed E-state index contributed by atoms with van der Waals surface area (Å²) in [7, 11) is -3.89. The molecule has 0 radical (unpaired) electrons. The van der Waals surface area contributed by atoms with Gasteiger partial charge in [-0.25, -0.2) is 0 Å². The highest BCUT2D eigenvalue weighted by Gasteiger charge is 2.36. The molecular weight excluding hydrogens is 151 g/mol. The number of hydrogen-bond acceptors (Lipinski definition) is 1. The molecule has 0 aliphatic rings. The molecule has 4 heteroatoms. The Bertz CT molecular complexity index is 147. The Morgan fingerprint density at radius 1 is 1.40 bits per heavy atom. The molecule has 0 saturated carbocycles. The van der Waals surface area contributed by atoms with Crippen molar-refractivity contribution in [3.63, 3.8) is 0 Å². The Morgan fingerprint density at radius 2 is 1.80 bits per heavy atom. The van der Waals surface area contributed by atoms with E-state index in [4.69, 9.17) is 9.79 Å². The van der Waals surface area contributed by atoms with E-state index in [0.29, 0.717) is 6.42 Å². The topological polar surface area (TPSA) is 57.5 Å². The molecule has 0 saturated heterocycles. The summed E-state index contributed by atoms with van der Waals surface area (Å²) in [5.41, 5.74) is 0. The summed E-state index contributed by atoms with van der Waals surface area (Å²) in [6.07, 6.45) is 1.37. The van der Waals surface area contributed by atoms with Crippen molar-refractivity contribution in [2.45, 2.75) is 38.8 Å². The zero-order valence-electron chi connectivity index (χ0n) is 6.66. The minimum Gasteiger partial charge on any atom is -0.324 e. The molecule has 0 spiro atoms. The SMILES string of the molecule is CCCC(C)(C)P(=O)(O)O. The van der Waals surface area contributed by atoms with Crippen molar-refractivity contribution in [1.82, 2.24) is 0 Å². The Kier molecular flexibility index (Phi) is 3.08. The largest absolute Gasteiger partial charge is 0.331 e. The van der Waals surface area contributed by atoms with Crippen LogP contribution in [0.4, 0.5) is 0 Å². The van der Waals surface area contributed by atoms with Gasteiger partial charge in [0.15, 0.2) is 0 Å². The molecule has 10 heavy (non-hydrogen) atoms. The fourth-order valence-corrected chi connectivity index (χ4v) is 1.27. The Labute approximate surface area is 61.6 Å². The van der Waals surface area contributed by atoms with Gasteiger partial charge in [0.2, 0.25) is 0 Å².